The van der Waals surface area contributed by atoms with E-state index in [9.17, 15) is 8.78 Å². The van der Waals surface area contributed by atoms with Gasteiger partial charge in [0.1, 0.15) is 0 Å². The van der Waals surface area contributed by atoms with E-state index in [2.05, 4.69) is 15.4 Å². The third kappa shape index (κ3) is 1.83. The molecule has 0 aliphatic rings. The minimum Gasteiger partial charge on any atom is -0.371 e. The molecule has 2 aromatic heterocycles. The molecule has 0 aliphatic heterocycles. The maximum Gasteiger partial charge on any atom is 0.192 e. The van der Waals surface area contributed by atoms with Gasteiger partial charge in [0.2, 0.25) is 0 Å². The molecule has 2 aromatic rings. The first-order chi connectivity index (χ1) is 8.45. The second kappa shape index (κ2) is 4.36. The molecular formula is C12H14F2N4. The van der Waals surface area contributed by atoms with Gasteiger partial charge in [-0.05, 0) is 26.3 Å². The molecule has 96 valence electrons. The molecule has 0 saturated carbocycles. The lowest BCUT2D eigenvalue weighted by Crippen LogP contribution is -2.09. The van der Waals surface area contributed by atoms with Crippen LogP contribution in [0.25, 0.3) is 5.82 Å². The standard InChI is InChI=1S/C12H14F2N4/c1-6-7(2)17-18(8(6)3)12-10(14)5-9(13)11(15-4)16-12/h5H,1-4H3,(H,15,16). The molecule has 0 aromatic carbocycles. The summed E-state index contributed by atoms with van der Waals surface area (Å²) in [6.45, 7) is 5.55. The van der Waals surface area contributed by atoms with Gasteiger partial charge < -0.3 is 5.32 Å². The van der Waals surface area contributed by atoms with Crippen molar-refractivity contribution in [1.29, 1.82) is 0 Å². The molecule has 0 amide bonds. The molecule has 0 aliphatic carbocycles. The number of hydrogen-bond donors (Lipinski definition) is 1. The minimum absolute atomic E-state index is 0.00314. The second-order valence-electron chi connectivity index (χ2n) is 4.08. The zero-order valence-corrected chi connectivity index (χ0v) is 10.7. The second-order valence-corrected chi connectivity index (χ2v) is 4.08. The zero-order chi connectivity index (χ0) is 13.4. The average molecular weight is 252 g/mol. The molecule has 4 nitrogen and oxygen atoms in total. The van der Waals surface area contributed by atoms with Gasteiger partial charge in [-0.15, -0.1) is 0 Å². The Hall–Kier alpha value is -1.98. The monoisotopic (exact) mass is 252 g/mol. The van der Waals surface area contributed by atoms with Gasteiger partial charge in [0, 0.05) is 18.8 Å². The smallest absolute Gasteiger partial charge is 0.192 e. The normalized spacial score (nSPS) is 10.8. The van der Waals surface area contributed by atoms with Gasteiger partial charge in [-0.25, -0.2) is 18.4 Å². The number of halogens is 2. The van der Waals surface area contributed by atoms with Gasteiger partial charge in [0.15, 0.2) is 23.3 Å². The highest BCUT2D eigenvalue weighted by molar-refractivity contribution is 5.43. The Labute approximate surface area is 104 Å². The summed E-state index contributed by atoms with van der Waals surface area (Å²) in [5.74, 6) is -1.47. The van der Waals surface area contributed by atoms with E-state index in [1.807, 2.05) is 20.8 Å². The van der Waals surface area contributed by atoms with Crippen molar-refractivity contribution in [1.82, 2.24) is 14.8 Å². The van der Waals surface area contributed by atoms with E-state index in [0.717, 1.165) is 23.0 Å². The van der Waals surface area contributed by atoms with Gasteiger partial charge in [0.05, 0.1) is 5.69 Å². The fourth-order valence-electron chi connectivity index (χ4n) is 1.71. The molecule has 0 spiro atoms. The van der Waals surface area contributed by atoms with Crippen LogP contribution in [0.2, 0.25) is 0 Å². The predicted octanol–water partition coefficient (Wildman–Crippen LogP) is 2.51. The van der Waals surface area contributed by atoms with Crippen LogP contribution in [0.3, 0.4) is 0 Å². The van der Waals surface area contributed by atoms with Gasteiger partial charge in [-0.3, -0.25) is 0 Å². The quantitative estimate of drug-likeness (QED) is 0.893. The Morgan fingerprint density at radius 2 is 1.83 bits per heavy atom. The number of rotatable bonds is 2. The molecule has 2 rings (SSSR count). The van der Waals surface area contributed by atoms with Crippen LogP contribution in [0, 0.1) is 32.4 Å². The topological polar surface area (TPSA) is 42.7 Å². The fourth-order valence-corrected chi connectivity index (χ4v) is 1.71. The lowest BCUT2D eigenvalue weighted by Gasteiger charge is -2.08. The Morgan fingerprint density at radius 3 is 2.33 bits per heavy atom. The number of nitrogens with one attached hydrogen (secondary N) is 1. The summed E-state index contributed by atoms with van der Waals surface area (Å²) >= 11 is 0. The molecule has 0 atom stereocenters. The van der Waals surface area contributed by atoms with Crippen LogP contribution in [0.4, 0.5) is 14.6 Å². The molecule has 6 heteroatoms. The molecule has 0 unspecified atom stereocenters. The lowest BCUT2D eigenvalue weighted by molar-refractivity contribution is 0.561. The van der Waals surface area contributed by atoms with Gasteiger partial charge >= 0.3 is 0 Å². The van der Waals surface area contributed by atoms with Gasteiger partial charge in [-0.1, -0.05) is 0 Å². The van der Waals surface area contributed by atoms with Gasteiger partial charge in [0.25, 0.3) is 0 Å². The molecule has 1 N–H and O–H groups in total. The maximum atomic E-state index is 13.8. The number of hydrogen-bond acceptors (Lipinski definition) is 3. The number of aromatic nitrogens is 3. The van der Waals surface area contributed by atoms with E-state index in [1.54, 1.807) is 0 Å². The van der Waals surface area contributed by atoms with Crippen molar-refractivity contribution in [3.05, 3.63) is 34.7 Å². The molecule has 18 heavy (non-hydrogen) atoms. The number of anilines is 1. The number of aryl methyl sites for hydroxylation is 1. The average Bonchev–Trinajstić information content (AvgIpc) is 2.57. The van der Waals surface area contributed by atoms with Crippen LogP contribution in [0.15, 0.2) is 6.07 Å². The lowest BCUT2D eigenvalue weighted by atomic mass is 10.2. The summed E-state index contributed by atoms with van der Waals surface area (Å²) in [5, 5.41) is 6.79. The third-order valence-electron chi connectivity index (χ3n) is 3.00. The van der Waals surface area contributed by atoms with E-state index in [4.69, 9.17) is 0 Å². The summed E-state index contributed by atoms with van der Waals surface area (Å²) < 4.78 is 28.5. The van der Waals surface area contributed by atoms with Crippen LogP contribution in [-0.4, -0.2) is 21.8 Å². The first-order valence-corrected chi connectivity index (χ1v) is 5.52. The number of pyridine rings is 1. The highest BCUT2D eigenvalue weighted by Crippen LogP contribution is 2.21. The van der Waals surface area contributed by atoms with Crippen molar-refractivity contribution in [2.75, 3.05) is 12.4 Å². The highest BCUT2D eigenvalue weighted by atomic mass is 19.1. The van der Waals surface area contributed by atoms with E-state index < -0.39 is 11.6 Å². The van der Waals surface area contributed by atoms with E-state index >= 15 is 0 Å². The first-order valence-electron chi connectivity index (χ1n) is 5.52. The van der Waals surface area contributed by atoms with Crippen molar-refractivity contribution in [2.45, 2.75) is 20.8 Å². The summed E-state index contributed by atoms with van der Waals surface area (Å²) in [6, 6.07) is 0.806. The summed E-state index contributed by atoms with van der Waals surface area (Å²) in [4.78, 5) is 3.92. The Kier molecular flexibility index (Phi) is 3.02. The van der Waals surface area contributed by atoms with Crippen molar-refractivity contribution in [3.63, 3.8) is 0 Å². The molecule has 0 bridgehead atoms. The van der Waals surface area contributed by atoms with Crippen molar-refractivity contribution in [3.8, 4) is 5.82 Å². The van der Waals surface area contributed by atoms with Crippen LogP contribution in [0.1, 0.15) is 17.0 Å². The Morgan fingerprint density at radius 1 is 1.17 bits per heavy atom. The summed E-state index contributed by atoms with van der Waals surface area (Å²) in [6.07, 6.45) is 0. The van der Waals surface area contributed by atoms with Crippen molar-refractivity contribution >= 4 is 5.82 Å². The van der Waals surface area contributed by atoms with Crippen LogP contribution < -0.4 is 5.32 Å². The molecule has 0 saturated heterocycles. The fraction of sp³-hybridized carbons (Fsp3) is 0.333. The minimum atomic E-state index is -0.739. The highest BCUT2D eigenvalue weighted by Gasteiger charge is 2.17. The van der Waals surface area contributed by atoms with Crippen LogP contribution >= 0.6 is 0 Å². The van der Waals surface area contributed by atoms with Crippen LogP contribution in [-0.2, 0) is 0 Å². The third-order valence-corrected chi connectivity index (χ3v) is 3.00. The first kappa shape index (κ1) is 12.5. The van der Waals surface area contributed by atoms with Gasteiger partial charge in [-0.2, -0.15) is 5.10 Å². The Balaban J connectivity index is 2.67. The SMILES string of the molecule is CNc1nc(-n2nc(C)c(C)c2C)c(F)cc1F. The van der Waals surface area contributed by atoms with Crippen LogP contribution in [0.5, 0.6) is 0 Å². The molecular weight excluding hydrogens is 238 g/mol. The summed E-state index contributed by atoms with van der Waals surface area (Å²) in [7, 11) is 1.53. The van der Waals surface area contributed by atoms with E-state index in [-0.39, 0.29) is 11.6 Å². The molecule has 0 fully saturated rings. The largest absolute Gasteiger partial charge is 0.371 e. The number of nitrogens with zero attached hydrogens (tertiary/aromatic N) is 3. The summed E-state index contributed by atoms with van der Waals surface area (Å²) in [5.41, 5.74) is 2.54. The maximum absolute atomic E-state index is 13.8. The molecule has 2 heterocycles. The van der Waals surface area contributed by atoms with E-state index in [1.165, 1.54) is 11.7 Å². The Bertz CT molecular complexity index is 605. The van der Waals surface area contributed by atoms with Crippen molar-refractivity contribution in [2.24, 2.45) is 0 Å². The van der Waals surface area contributed by atoms with E-state index in [0.29, 0.717) is 0 Å². The predicted molar refractivity (Wildman–Crippen MR) is 65.0 cm³/mol. The molecule has 0 radical (unpaired) electrons. The van der Waals surface area contributed by atoms with Crippen molar-refractivity contribution < 1.29 is 8.78 Å². The zero-order valence-electron chi connectivity index (χ0n) is 10.7.